The van der Waals surface area contributed by atoms with Crippen LogP contribution in [0.5, 0.6) is 11.5 Å². The largest absolute Gasteiger partial charge is 0.497 e. The van der Waals surface area contributed by atoms with E-state index < -0.39 is 11.9 Å². The maximum Gasteiger partial charge on any atom is 0.310 e. The van der Waals surface area contributed by atoms with Crippen molar-refractivity contribution < 1.29 is 19.4 Å². The Labute approximate surface area is 130 Å². The fraction of sp³-hybridized carbons (Fsp3) is 0.278. The highest BCUT2D eigenvalue weighted by atomic mass is 16.5. The van der Waals surface area contributed by atoms with E-state index in [0.717, 1.165) is 22.1 Å². The number of hydrogen-bond acceptors (Lipinski definition) is 3. The fourth-order valence-electron chi connectivity index (χ4n) is 2.38. The van der Waals surface area contributed by atoms with E-state index in [2.05, 4.69) is 0 Å². The van der Waals surface area contributed by atoms with Gasteiger partial charge in [-0.3, -0.25) is 4.79 Å². The quantitative estimate of drug-likeness (QED) is 0.876. The summed E-state index contributed by atoms with van der Waals surface area (Å²) in [6, 6.07) is 9.66. The first-order valence-electron chi connectivity index (χ1n) is 7.16. The molecule has 0 aliphatic rings. The van der Waals surface area contributed by atoms with Crippen molar-refractivity contribution in [2.24, 2.45) is 5.92 Å². The van der Waals surface area contributed by atoms with Crippen LogP contribution in [0.15, 0.2) is 36.4 Å². The average molecular weight is 300 g/mol. The summed E-state index contributed by atoms with van der Waals surface area (Å²) >= 11 is 0. The molecule has 0 amide bonds. The molecule has 1 atom stereocenters. The number of fused-ring (bicyclic) bond motifs is 1. The molecule has 0 heterocycles. The summed E-state index contributed by atoms with van der Waals surface area (Å²) < 4.78 is 10.7. The third kappa shape index (κ3) is 3.22. The lowest BCUT2D eigenvalue weighted by Crippen LogP contribution is -2.09. The molecule has 0 bridgehead atoms. The van der Waals surface area contributed by atoms with Gasteiger partial charge in [0.25, 0.3) is 0 Å². The van der Waals surface area contributed by atoms with E-state index in [0.29, 0.717) is 12.2 Å². The highest BCUT2D eigenvalue weighted by Crippen LogP contribution is 2.32. The normalized spacial score (nSPS) is 12.5. The van der Waals surface area contributed by atoms with Crippen LogP contribution in [-0.2, 0) is 4.79 Å². The summed E-state index contributed by atoms with van der Waals surface area (Å²) in [6.07, 6.45) is 4.07. The van der Waals surface area contributed by atoms with Gasteiger partial charge in [0.15, 0.2) is 0 Å². The molecule has 4 nitrogen and oxygen atoms in total. The number of rotatable bonds is 6. The summed E-state index contributed by atoms with van der Waals surface area (Å²) in [7, 11) is 3.22. The minimum absolute atomic E-state index is 0.509. The maximum absolute atomic E-state index is 11.2. The van der Waals surface area contributed by atoms with Gasteiger partial charge in [0, 0.05) is 5.56 Å². The molecule has 2 aromatic rings. The van der Waals surface area contributed by atoms with E-state index in [4.69, 9.17) is 9.47 Å². The van der Waals surface area contributed by atoms with Gasteiger partial charge in [0.05, 0.1) is 20.1 Å². The molecule has 0 saturated carbocycles. The number of methoxy groups -OCH3 is 2. The van der Waals surface area contributed by atoms with E-state index in [1.54, 1.807) is 20.3 Å². The zero-order chi connectivity index (χ0) is 16.1. The lowest BCUT2D eigenvalue weighted by Gasteiger charge is -2.11. The topological polar surface area (TPSA) is 55.8 Å². The third-order valence-corrected chi connectivity index (χ3v) is 3.70. The van der Waals surface area contributed by atoms with Crippen LogP contribution in [0.25, 0.3) is 16.8 Å². The number of carboxylic acid groups (broad SMARTS) is 1. The Morgan fingerprint density at radius 2 is 1.95 bits per heavy atom. The van der Waals surface area contributed by atoms with Gasteiger partial charge < -0.3 is 14.6 Å². The Kier molecular flexibility index (Phi) is 5.04. The molecular weight excluding hydrogens is 280 g/mol. The minimum atomic E-state index is -0.824. The van der Waals surface area contributed by atoms with Crippen molar-refractivity contribution in [3.63, 3.8) is 0 Å². The first kappa shape index (κ1) is 15.9. The smallest absolute Gasteiger partial charge is 0.310 e. The molecule has 4 heteroatoms. The summed E-state index contributed by atoms with van der Waals surface area (Å²) in [6.45, 7) is 1.85. The average Bonchev–Trinajstić information content (AvgIpc) is 2.54. The monoisotopic (exact) mass is 300 g/mol. The van der Waals surface area contributed by atoms with Crippen LogP contribution in [0.2, 0.25) is 0 Å². The molecule has 1 unspecified atom stereocenters. The van der Waals surface area contributed by atoms with Crippen LogP contribution in [0.4, 0.5) is 0 Å². The summed E-state index contributed by atoms with van der Waals surface area (Å²) in [4.78, 5) is 11.2. The Hall–Kier alpha value is -2.49. The molecule has 22 heavy (non-hydrogen) atoms. The zero-order valence-electron chi connectivity index (χ0n) is 13.0. The Balaban J connectivity index is 2.58. The molecule has 0 aliphatic heterocycles. The van der Waals surface area contributed by atoms with Crippen LogP contribution in [0, 0.1) is 5.92 Å². The van der Waals surface area contributed by atoms with Gasteiger partial charge >= 0.3 is 5.97 Å². The van der Waals surface area contributed by atoms with Crippen molar-refractivity contribution in [3.05, 3.63) is 42.0 Å². The fourth-order valence-corrected chi connectivity index (χ4v) is 2.38. The number of aliphatic carboxylic acids is 1. The van der Waals surface area contributed by atoms with E-state index in [1.807, 2.05) is 43.3 Å². The zero-order valence-corrected chi connectivity index (χ0v) is 13.0. The van der Waals surface area contributed by atoms with Gasteiger partial charge in [-0.25, -0.2) is 0 Å². The highest BCUT2D eigenvalue weighted by molar-refractivity contribution is 5.94. The molecule has 0 fully saturated rings. The van der Waals surface area contributed by atoms with Crippen LogP contribution < -0.4 is 9.47 Å². The molecular formula is C18H20O4. The summed E-state index contributed by atoms with van der Waals surface area (Å²) in [5.74, 6) is 0.124. The Morgan fingerprint density at radius 3 is 2.55 bits per heavy atom. The van der Waals surface area contributed by atoms with Crippen molar-refractivity contribution in [1.29, 1.82) is 0 Å². The molecule has 0 aromatic heterocycles. The number of hydrogen-bond donors (Lipinski definition) is 1. The second-order valence-corrected chi connectivity index (χ2v) is 4.98. The molecule has 116 valence electrons. The van der Waals surface area contributed by atoms with Crippen molar-refractivity contribution in [2.45, 2.75) is 13.3 Å². The molecule has 0 aliphatic carbocycles. The SMILES string of the molecule is CCC(/C=C/c1c(OC)ccc2ccc(OC)cc12)C(=O)O. The maximum atomic E-state index is 11.2. The van der Waals surface area contributed by atoms with Crippen LogP contribution in [0.3, 0.4) is 0 Å². The Morgan fingerprint density at radius 1 is 1.23 bits per heavy atom. The van der Waals surface area contributed by atoms with Gasteiger partial charge in [-0.15, -0.1) is 0 Å². The lowest BCUT2D eigenvalue weighted by atomic mass is 9.99. The lowest BCUT2D eigenvalue weighted by molar-refractivity contribution is -0.140. The van der Waals surface area contributed by atoms with Crippen LogP contribution in [-0.4, -0.2) is 25.3 Å². The van der Waals surface area contributed by atoms with Crippen molar-refractivity contribution in [3.8, 4) is 11.5 Å². The van der Waals surface area contributed by atoms with Gasteiger partial charge in [-0.1, -0.05) is 31.2 Å². The molecule has 2 aromatic carbocycles. The number of carbonyl (C=O) groups is 1. The van der Waals surface area contributed by atoms with Crippen molar-refractivity contribution in [2.75, 3.05) is 14.2 Å². The predicted octanol–water partition coefficient (Wildman–Crippen LogP) is 3.98. The van der Waals surface area contributed by atoms with Crippen molar-refractivity contribution >= 4 is 22.8 Å². The first-order valence-corrected chi connectivity index (χ1v) is 7.16. The van der Waals surface area contributed by atoms with Gasteiger partial charge in [0.1, 0.15) is 11.5 Å². The standard InChI is InChI=1S/C18H20O4/c1-4-12(18(19)20)6-9-15-16-11-14(21-2)8-5-13(16)7-10-17(15)22-3/h5-12H,4H2,1-3H3,(H,19,20)/b9-6+. The number of benzene rings is 2. The van der Waals surface area contributed by atoms with Gasteiger partial charge in [-0.05, 0) is 35.4 Å². The molecule has 2 rings (SSSR count). The van der Waals surface area contributed by atoms with E-state index >= 15 is 0 Å². The van der Waals surface area contributed by atoms with E-state index in [1.165, 1.54) is 0 Å². The number of carboxylic acids is 1. The molecule has 1 N–H and O–H groups in total. The third-order valence-electron chi connectivity index (χ3n) is 3.70. The molecule has 0 saturated heterocycles. The second-order valence-electron chi connectivity index (χ2n) is 4.98. The molecule has 0 spiro atoms. The minimum Gasteiger partial charge on any atom is -0.497 e. The van der Waals surface area contributed by atoms with E-state index in [9.17, 15) is 9.90 Å². The van der Waals surface area contributed by atoms with Gasteiger partial charge in [0.2, 0.25) is 0 Å². The summed E-state index contributed by atoms with van der Waals surface area (Å²) in [5.41, 5.74) is 0.860. The highest BCUT2D eigenvalue weighted by Gasteiger charge is 2.12. The summed E-state index contributed by atoms with van der Waals surface area (Å²) in [5, 5.41) is 11.2. The van der Waals surface area contributed by atoms with Crippen molar-refractivity contribution in [1.82, 2.24) is 0 Å². The number of ether oxygens (including phenoxy) is 2. The second kappa shape index (κ2) is 6.98. The molecule has 0 radical (unpaired) electrons. The first-order chi connectivity index (χ1) is 10.6. The van der Waals surface area contributed by atoms with E-state index in [-0.39, 0.29) is 0 Å². The van der Waals surface area contributed by atoms with Gasteiger partial charge in [-0.2, -0.15) is 0 Å². The predicted molar refractivity (Wildman–Crippen MR) is 87.5 cm³/mol. The Bertz CT molecular complexity index is 698. The van der Waals surface area contributed by atoms with Crippen LogP contribution in [0.1, 0.15) is 18.9 Å². The van der Waals surface area contributed by atoms with Crippen LogP contribution >= 0.6 is 0 Å².